The number of fused-ring (bicyclic) bond motifs is 1. The molecule has 1 heterocycles. The molecule has 1 atom stereocenters. The SMILES string of the molecule is Cc1cccc(C)c1OCCCNC(=O)NC(CO)Cc1c[nH]c2ccccc12. The van der Waals surface area contributed by atoms with Gasteiger partial charge in [-0.25, -0.2) is 4.79 Å². The maximum Gasteiger partial charge on any atom is 0.315 e. The monoisotopic (exact) mass is 395 g/mol. The number of carbonyl (C=O) groups is 1. The van der Waals surface area contributed by atoms with Crippen molar-refractivity contribution < 1.29 is 14.6 Å². The number of aliphatic hydroxyl groups is 1. The number of amides is 2. The summed E-state index contributed by atoms with van der Waals surface area (Å²) in [4.78, 5) is 15.4. The average molecular weight is 396 g/mol. The van der Waals surface area contributed by atoms with Crippen LogP contribution in [0, 0.1) is 13.8 Å². The van der Waals surface area contributed by atoms with E-state index in [0.29, 0.717) is 26.0 Å². The molecule has 154 valence electrons. The van der Waals surface area contributed by atoms with Crippen molar-refractivity contribution in [3.8, 4) is 5.75 Å². The van der Waals surface area contributed by atoms with E-state index < -0.39 is 0 Å². The molecule has 2 amide bonds. The second-order valence-corrected chi connectivity index (χ2v) is 7.27. The van der Waals surface area contributed by atoms with Crippen LogP contribution in [0.3, 0.4) is 0 Å². The molecule has 0 bridgehead atoms. The van der Waals surface area contributed by atoms with E-state index in [1.165, 1.54) is 0 Å². The second kappa shape index (κ2) is 9.98. The van der Waals surface area contributed by atoms with Gasteiger partial charge in [0, 0.05) is 23.6 Å². The van der Waals surface area contributed by atoms with E-state index in [0.717, 1.165) is 33.3 Å². The van der Waals surface area contributed by atoms with Crippen LogP contribution < -0.4 is 15.4 Å². The maximum atomic E-state index is 12.2. The summed E-state index contributed by atoms with van der Waals surface area (Å²) in [5.74, 6) is 0.913. The van der Waals surface area contributed by atoms with Crippen molar-refractivity contribution in [3.05, 3.63) is 65.4 Å². The quantitative estimate of drug-likeness (QED) is 0.419. The van der Waals surface area contributed by atoms with Crippen LogP contribution >= 0.6 is 0 Å². The molecule has 6 heteroatoms. The Labute approximate surface area is 171 Å². The van der Waals surface area contributed by atoms with Crippen LogP contribution in [0.25, 0.3) is 10.9 Å². The molecule has 0 saturated heterocycles. The lowest BCUT2D eigenvalue weighted by Gasteiger charge is -2.17. The first-order valence-corrected chi connectivity index (χ1v) is 9.97. The molecule has 3 rings (SSSR count). The third-order valence-corrected chi connectivity index (χ3v) is 4.96. The van der Waals surface area contributed by atoms with Crippen molar-refractivity contribution in [2.45, 2.75) is 32.7 Å². The Morgan fingerprint density at radius 1 is 1.14 bits per heavy atom. The van der Waals surface area contributed by atoms with Crippen LogP contribution in [0.4, 0.5) is 4.79 Å². The molecule has 4 N–H and O–H groups in total. The Morgan fingerprint density at radius 3 is 2.66 bits per heavy atom. The van der Waals surface area contributed by atoms with Gasteiger partial charge in [-0.15, -0.1) is 0 Å². The van der Waals surface area contributed by atoms with Crippen molar-refractivity contribution >= 4 is 16.9 Å². The number of para-hydroxylation sites is 2. The lowest BCUT2D eigenvalue weighted by atomic mass is 10.1. The Bertz CT molecular complexity index is 931. The predicted molar refractivity (Wildman–Crippen MR) is 115 cm³/mol. The molecular weight excluding hydrogens is 366 g/mol. The third kappa shape index (κ3) is 5.51. The second-order valence-electron chi connectivity index (χ2n) is 7.27. The molecule has 0 spiro atoms. The van der Waals surface area contributed by atoms with Crippen LogP contribution in [0.1, 0.15) is 23.1 Å². The first kappa shape index (κ1) is 20.7. The molecule has 1 unspecified atom stereocenters. The van der Waals surface area contributed by atoms with E-state index in [-0.39, 0.29) is 18.7 Å². The van der Waals surface area contributed by atoms with Gasteiger partial charge < -0.3 is 25.5 Å². The minimum absolute atomic E-state index is 0.122. The van der Waals surface area contributed by atoms with Crippen molar-refractivity contribution in [3.63, 3.8) is 0 Å². The molecule has 6 nitrogen and oxygen atoms in total. The highest BCUT2D eigenvalue weighted by atomic mass is 16.5. The van der Waals surface area contributed by atoms with Gasteiger partial charge in [0.2, 0.25) is 0 Å². The molecule has 0 aliphatic rings. The summed E-state index contributed by atoms with van der Waals surface area (Å²) in [6.45, 7) is 4.96. The number of rotatable bonds is 9. The van der Waals surface area contributed by atoms with E-state index in [4.69, 9.17) is 4.74 Å². The van der Waals surface area contributed by atoms with Crippen molar-refractivity contribution in [2.24, 2.45) is 0 Å². The van der Waals surface area contributed by atoms with Gasteiger partial charge in [-0.05, 0) is 49.4 Å². The maximum absolute atomic E-state index is 12.2. The fourth-order valence-corrected chi connectivity index (χ4v) is 3.44. The summed E-state index contributed by atoms with van der Waals surface area (Å²) in [6, 6.07) is 13.4. The normalized spacial score (nSPS) is 12.0. The zero-order valence-corrected chi connectivity index (χ0v) is 17.0. The Kier molecular flexibility index (Phi) is 7.14. The highest BCUT2D eigenvalue weighted by Crippen LogP contribution is 2.22. The van der Waals surface area contributed by atoms with E-state index >= 15 is 0 Å². The van der Waals surface area contributed by atoms with Gasteiger partial charge in [-0.3, -0.25) is 0 Å². The Hall–Kier alpha value is -2.99. The summed E-state index contributed by atoms with van der Waals surface area (Å²) >= 11 is 0. The number of ether oxygens (including phenoxy) is 1. The molecule has 29 heavy (non-hydrogen) atoms. The van der Waals surface area contributed by atoms with E-state index in [2.05, 4.69) is 15.6 Å². The van der Waals surface area contributed by atoms with Gasteiger partial charge in [0.1, 0.15) is 5.75 Å². The summed E-state index contributed by atoms with van der Waals surface area (Å²) in [5, 5.41) is 16.4. The average Bonchev–Trinajstić information content (AvgIpc) is 3.12. The van der Waals surface area contributed by atoms with Gasteiger partial charge in [-0.2, -0.15) is 0 Å². The fourth-order valence-electron chi connectivity index (χ4n) is 3.44. The molecule has 0 aliphatic heterocycles. The van der Waals surface area contributed by atoms with Crippen molar-refractivity contribution in [1.82, 2.24) is 15.6 Å². The zero-order valence-electron chi connectivity index (χ0n) is 17.0. The van der Waals surface area contributed by atoms with Crippen molar-refractivity contribution in [2.75, 3.05) is 19.8 Å². The molecule has 2 aromatic carbocycles. The van der Waals surface area contributed by atoms with Gasteiger partial charge in [0.15, 0.2) is 0 Å². The molecule has 0 aliphatic carbocycles. The smallest absolute Gasteiger partial charge is 0.315 e. The number of benzene rings is 2. The van der Waals surface area contributed by atoms with E-state index in [1.807, 2.05) is 62.5 Å². The standard InChI is InChI=1S/C23H29N3O3/c1-16-7-5-8-17(2)22(16)29-12-6-11-24-23(28)26-19(15-27)13-18-14-25-21-10-4-3-9-20(18)21/h3-5,7-10,14,19,25,27H,6,11-13,15H2,1-2H3,(H2,24,26,28). The number of nitrogens with one attached hydrogen (secondary N) is 3. The molecular formula is C23H29N3O3. The van der Waals surface area contributed by atoms with E-state index in [9.17, 15) is 9.90 Å². The molecule has 0 fully saturated rings. The number of aromatic nitrogens is 1. The summed E-state index contributed by atoms with van der Waals surface area (Å²) < 4.78 is 5.85. The molecule has 0 radical (unpaired) electrons. The fraction of sp³-hybridized carbons (Fsp3) is 0.348. The third-order valence-electron chi connectivity index (χ3n) is 4.96. The van der Waals surface area contributed by atoms with Crippen LogP contribution in [-0.4, -0.2) is 41.9 Å². The topological polar surface area (TPSA) is 86.4 Å². The first-order valence-electron chi connectivity index (χ1n) is 9.97. The number of urea groups is 1. The number of aliphatic hydroxyl groups excluding tert-OH is 1. The minimum atomic E-state index is -0.347. The number of H-pyrrole nitrogens is 1. The highest BCUT2D eigenvalue weighted by molar-refractivity contribution is 5.83. The van der Waals surface area contributed by atoms with Crippen LogP contribution in [0.15, 0.2) is 48.7 Å². The summed E-state index contributed by atoms with van der Waals surface area (Å²) in [7, 11) is 0. The number of hydrogen-bond acceptors (Lipinski definition) is 3. The zero-order chi connectivity index (χ0) is 20.6. The van der Waals surface area contributed by atoms with Gasteiger partial charge in [0.25, 0.3) is 0 Å². The number of hydrogen-bond donors (Lipinski definition) is 4. The first-order chi connectivity index (χ1) is 14.1. The molecule has 0 saturated carbocycles. The molecule has 1 aromatic heterocycles. The summed E-state index contributed by atoms with van der Waals surface area (Å²) in [5.41, 5.74) is 4.34. The van der Waals surface area contributed by atoms with Crippen molar-refractivity contribution in [1.29, 1.82) is 0 Å². The Balaban J connectivity index is 1.41. The van der Waals surface area contributed by atoms with Gasteiger partial charge in [0.05, 0.1) is 19.3 Å². The molecule has 3 aromatic rings. The lowest BCUT2D eigenvalue weighted by molar-refractivity contribution is 0.215. The minimum Gasteiger partial charge on any atom is -0.493 e. The predicted octanol–water partition coefficient (Wildman–Crippen LogP) is 3.46. The van der Waals surface area contributed by atoms with Gasteiger partial charge >= 0.3 is 6.03 Å². The van der Waals surface area contributed by atoms with Crippen LogP contribution in [0.2, 0.25) is 0 Å². The largest absolute Gasteiger partial charge is 0.493 e. The number of aromatic amines is 1. The lowest BCUT2D eigenvalue weighted by Crippen LogP contribution is -2.45. The van der Waals surface area contributed by atoms with E-state index in [1.54, 1.807) is 0 Å². The summed E-state index contributed by atoms with van der Waals surface area (Å²) in [6.07, 6.45) is 3.19. The highest BCUT2D eigenvalue weighted by Gasteiger charge is 2.14. The number of carbonyl (C=O) groups excluding carboxylic acids is 1. The Morgan fingerprint density at radius 2 is 1.90 bits per heavy atom. The van der Waals surface area contributed by atoms with Crippen LogP contribution in [0.5, 0.6) is 5.75 Å². The number of aryl methyl sites for hydroxylation is 2. The van der Waals surface area contributed by atoms with Crippen LogP contribution in [-0.2, 0) is 6.42 Å². The van der Waals surface area contributed by atoms with Gasteiger partial charge in [-0.1, -0.05) is 36.4 Å².